The molecular formula is C16H22FN3O4. The van der Waals surface area contributed by atoms with Crippen molar-refractivity contribution < 1.29 is 18.8 Å². The van der Waals surface area contributed by atoms with Gasteiger partial charge in [-0.3, -0.25) is 10.1 Å². The van der Waals surface area contributed by atoms with Crippen molar-refractivity contribution >= 4 is 17.5 Å². The van der Waals surface area contributed by atoms with Crippen molar-refractivity contribution in [2.75, 3.05) is 18.0 Å². The lowest BCUT2D eigenvalue weighted by molar-refractivity contribution is -0.386. The standard InChI is InChI=1S/C16H22FN3O4/c1-16(2,3)24-15(21)18-11-7-9-19(10-8-11)13-6-4-5-12(17)14(13)20(22)23/h4-6,11H,7-10H2,1-3H3,(H,18,21). The molecule has 1 aromatic rings. The molecule has 1 amide bonds. The number of carbonyl (C=O) groups excluding carboxylic acids is 1. The Morgan fingerprint density at radius 2 is 2.00 bits per heavy atom. The minimum atomic E-state index is -0.841. The van der Waals surface area contributed by atoms with Crippen LogP contribution in [-0.4, -0.2) is 35.7 Å². The number of rotatable bonds is 3. The van der Waals surface area contributed by atoms with Crippen LogP contribution in [0.1, 0.15) is 33.6 Å². The Hall–Kier alpha value is -2.38. The van der Waals surface area contributed by atoms with E-state index < -0.39 is 28.1 Å². The second kappa shape index (κ2) is 7.02. The second-order valence-electron chi connectivity index (χ2n) is 6.77. The lowest BCUT2D eigenvalue weighted by Crippen LogP contribution is -2.46. The maximum Gasteiger partial charge on any atom is 0.407 e. The number of ether oxygens (including phenoxy) is 1. The summed E-state index contributed by atoms with van der Waals surface area (Å²) in [5.41, 5.74) is -0.792. The van der Waals surface area contributed by atoms with Gasteiger partial charge in [0.05, 0.1) is 4.92 Å². The Morgan fingerprint density at radius 3 is 2.54 bits per heavy atom. The summed E-state index contributed by atoms with van der Waals surface area (Å²) in [4.78, 5) is 23.9. The summed E-state index contributed by atoms with van der Waals surface area (Å²) in [6.45, 7) is 6.35. The molecule has 1 saturated heterocycles. The highest BCUT2D eigenvalue weighted by Gasteiger charge is 2.28. The zero-order valence-electron chi connectivity index (χ0n) is 14.0. The first-order valence-electron chi connectivity index (χ1n) is 7.85. The van der Waals surface area contributed by atoms with Crippen LogP contribution in [0.5, 0.6) is 0 Å². The molecular weight excluding hydrogens is 317 g/mol. The molecule has 1 heterocycles. The third-order valence-corrected chi connectivity index (χ3v) is 3.70. The molecule has 0 spiro atoms. The maximum atomic E-state index is 13.7. The molecule has 7 nitrogen and oxygen atoms in total. The van der Waals surface area contributed by atoms with E-state index in [1.54, 1.807) is 31.7 Å². The van der Waals surface area contributed by atoms with Crippen LogP contribution in [0, 0.1) is 15.9 Å². The van der Waals surface area contributed by atoms with E-state index in [2.05, 4.69) is 5.32 Å². The topological polar surface area (TPSA) is 84.7 Å². The number of halogens is 1. The minimum Gasteiger partial charge on any atom is -0.444 e. The summed E-state index contributed by atoms with van der Waals surface area (Å²) in [5.74, 6) is -0.841. The number of anilines is 1. The molecule has 1 fully saturated rings. The molecule has 24 heavy (non-hydrogen) atoms. The zero-order chi connectivity index (χ0) is 17.9. The SMILES string of the molecule is CC(C)(C)OC(=O)NC1CCN(c2cccc(F)c2[N+](=O)[O-])CC1. The number of hydrogen-bond donors (Lipinski definition) is 1. The van der Waals surface area contributed by atoms with Gasteiger partial charge in [-0.2, -0.15) is 4.39 Å². The van der Waals surface area contributed by atoms with Crippen molar-refractivity contribution in [1.82, 2.24) is 5.32 Å². The van der Waals surface area contributed by atoms with Crippen LogP contribution >= 0.6 is 0 Å². The summed E-state index contributed by atoms with van der Waals surface area (Å²) in [7, 11) is 0. The van der Waals surface area contributed by atoms with E-state index in [1.807, 2.05) is 0 Å². The largest absolute Gasteiger partial charge is 0.444 e. The summed E-state index contributed by atoms with van der Waals surface area (Å²) < 4.78 is 18.9. The molecule has 0 radical (unpaired) electrons. The number of para-hydroxylation sites is 1. The summed E-state index contributed by atoms with van der Waals surface area (Å²) in [5, 5.41) is 13.9. The number of alkyl carbamates (subject to hydrolysis) is 1. The van der Waals surface area contributed by atoms with Gasteiger partial charge in [0.25, 0.3) is 0 Å². The summed E-state index contributed by atoms with van der Waals surface area (Å²) in [6, 6.07) is 4.02. The van der Waals surface area contributed by atoms with Crippen molar-refractivity contribution in [3.63, 3.8) is 0 Å². The second-order valence-corrected chi connectivity index (χ2v) is 6.77. The first-order valence-corrected chi connectivity index (χ1v) is 7.85. The summed E-state index contributed by atoms with van der Waals surface area (Å²) >= 11 is 0. The van der Waals surface area contributed by atoms with Gasteiger partial charge in [-0.15, -0.1) is 0 Å². The molecule has 1 aliphatic heterocycles. The lowest BCUT2D eigenvalue weighted by atomic mass is 10.0. The molecule has 0 bridgehead atoms. The lowest BCUT2D eigenvalue weighted by Gasteiger charge is -2.34. The number of amides is 1. The molecule has 1 aliphatic rings. The minimum absolute atomic E-state index is 0.0660. The van der Waals surface area contributed by atoms with Gasteiger partial charge in [0.2, 0.25) is 5.82 Å². The Morgan fingerprint density at radius 1 is 1.38 bits per heavy atom. The van der Waals surface area contributed by atoms with Gasteiger partial charge in [-0.25, -0.2) is 4.79 Å². The fraction of sp³-hybridized carbons (Fsp3) is 0.562. The van der Waals surface area contributed by atoms with Gasteiger partial charge in [0.1, 0.15) is 11.3 Å². The number of piperidine rings is 1. The van der Waals surface area contributed by atoms with Crippen molar-refractivity contribution in [2.45, 2.75) is 45.3 Å². The van der Waals surface area contributed by atoms with Crippen molar-refractivity contribution in [1.29, 1.82) is 0 Å². The fourth-order valence-electron chi connectivity index (χ4n) is 2.68. The number of nitro groups is 1. The van der Waals surface area contributed by atoms with E-state index >= 15 is 0 Å². The highest BCUT2D eigenvalue weighted by molar-refractivity contribution is 5.68. The van der Waals surface area contributed by atoms with E-state index in [-0.39, 0.29) is 11.7 Å². The Bertz CT molecular complexity index is 622. The number of nitrogens with one attached hydrogen (secondary N) is 1. The van der Waals surface area contributed by atoms with Crippen LogP contribution in [0.4, 0.5) is 20.6 Å². The maximum absolute atomic E-state index is 13.7. The van der Waals surface area contributed by atoms with Gasteiger partial charge in [-0.1, -0.05) is 6.07 Å². The molecule has 132 valence electrons. The first kappa shape index (κ1) is 18.0. The molecule has 8 heteroatoms. The van der Waals surface area contributed by atoms with Crippen LogP contribution in [-0.2, 0) is 4.74 Å². The molecule has 0 saturated carbocycles. The molecule has 0 aromatic heterocycles. The third kappa shape index (κ3) is 4.56. The van der Waals surface area contributed by atoms with Gasteiger partial charge >= 0.3 is 11.8 Å². The van der Waals surface area contributed by atoms with E-state index in [0.717, 1.165) is 6.07 Å². The number of carbonyl (C=O) groups is 1. The Balaban J connectivity index is 1.98. The monoisotopic (exact) mass is 339 g/mol. The third-order valence-electron chi connectivity index (χ3n) is 3.70. The van der Waals surface area contributed by atoms with E-state index in [4.69, 9.17) is 4.74 Å². The quantitative estimate of drug-likeness (QED) is 0.675. The average Bonchev–Trinajstić information content (AvgIpc) is 2.45. The van der Waals surface area contributed by atoms with Crippen LogP contribution in [0.2, 0.25) is 0 Å². The Labute approximate surface area is 139 Å². The predicted octanol–water partition coefficient (Wildman–Crippen LogP) is 3.23. The highest BCUT2D eigenvalue weighted by atomic mass is 19.1. The number of benzene rings is 1. The van der Waals surface area contributed by atoms with Gasteiger partial charge in [0.15, 0.2) is 0 Å². The average molecular weight is 339 g/mol. The van der Waals surface area contributed by atoms with Crippen LogP contribution in [0.15, 0.2) is 18.2 Å². The van der Waals surface area contributed by atoms with Crippen molar-refractivity contribution in [3.8, 4) is 0 Å². The molecule has 1 aromatic carbocycles. The van der Waals surface area contributed by atoms with Crippen LogP contribution in [0.3, 0.4) is 0 Å². The molecule has 1 N–H and O–H groups in total. The van der Waals surface area contributed by atoms with Crippen LogP contribution < -0.4 is 10.2 Å². The smallest absolute Gasteiger partial charge is 0.407 e. The zero-order valence-corrected chi connectivity index (χ0v) is 14.0. The van der Waals surface area contributed by atoms with Crippen LogP contribution in [0.25, 0.3) is 0 Å². The van der Waals surface area contributed by atoms with Gasteiger partial charge in [0, 0.05) is 19.1 Å². The number of hydrogen-bond acceptors (Lipinski definition) is 5. The predicted molar refractivity (Wildman–Crippen MR) is 87.7 cm³/mol. The van der Waals surface area contributed by atoms with Gasteiger partial charge in [-0.05, 0) is 45.7 Å². The normalized spacial score (nSPS) is 15.9. The molecule has 2 rings (SSSR count). The Kier molecular flexibility index (Phi) is 5.26. The van der Waals surface area contributed by atoms with Gasteiger partial charge < -0.3 is 15.0 Å². The van der Waals surface area contributed by atoms with E-state index in [9.17, 15) is 19.3 Å². The molecule has 0 atom stereocenters. The van der Waals surface area contributed by atoms with E-state index in [0.29, 0.717) is 25.9 Å². The van der Waals surface area contributed by atoms with Crippen molar-refractivity contribution in [2.24, 2.45) is 0 Å². The highest BCUT2D eigenvalue weighted by Crippen LogP contribution is 2.32. The molecule has 0 unspecified atom stereocenters. The summed E-state index contributed by atoms with van der Waals surface area (Å²) in [6.07, 6.45) is 0.734. The first-order chi connectivity index (χ1) is 11.2. The molecule has 0 aliphatic carbocycles. The van der Waals surface area contributed by atoms with E-state index in [1.165, 1.54) is 6.07 Å². The fourth-order valence-corrected chi connectivity index (χ4v) is 2.68. The number of nitro benzene ring substituents is 1. The number of nitrogens with zero attached hydrogens (tertiary/aromatic N) is 2. The van der Waals surface area contributed by atoms with Crippen molar-refractivity contribution in [3.05, 3.63) is 34.1 Å².